The van der Waals surface area contributed by atoms with Crippen LogP contribution in [0.4, 0.5) is 0 Å². The zero-order chi connectivity index (χ0) is 11.4. The first-order valence-corrected chi connectivity index (χ1v) is 5.18. The predicted octanol–water partition coefficient (Wildman–Crippen LogP) is 0.325. The van der Waals surface area contributed by atoms with E-state index >= 15 is 0 Å². The Hall–Kier alpha value is -0.650. The summed E-state index contributed by atoms with van der Waals surface area (Å²) in [7, 11) is 2.97. The number of hydrogen-bond acceptors (Lipinski definition) is 4. The Labute approximate surface area is 89.9 Å². The van der Waals surface area contributed by atoms with Gasteiger partial charge < -0.3 is 9.84 Å². The van der Waals surface area contributed by atoms with Crippen LogP contribution in [-0.4, -0.2) is 48.5 Å². The van der Waals surface area contributed by atoms with Gasteiger partial charge in [-0.2, -0.15) is 0 Å². The smallest absolute Gasteiger partial charge is 0.248 e. The van der Waals surface area contributed by atoms with Crippen molar-refractivity contribution in [3.63, 3.8) is 0 Å². The number of carbonyl (C=O) groups is 1. The molecule has 88 valence electrons. The van der Waals surface area contributed by atoms with Crippen molar-refractivity contribution >= 4 is 5.91 Å². The van der Waals surface area contributed by atoms with E-state index in [-0.39, 0.29) is 18.4 Å². The van der Waals surface area contributed by atoms with Crippen molar-refractivity contribution in [1.82, 2.24) is 5.06 Å². The molecule has 0 aliphatic carbocycles. The molecule has 15 heavy (non-hydrogen) atoms. The fourth-order valence-corrected chi connectivity index (χ4v) is 1.64. The van der Waals surface area contributed by atoms with Crippen LogP contribution >= 0.6 is 0 Å². The fraction of sp³-hybridized carbons (Fsp3) is 0.900. The lowest BCUT2D eigenvalue weighted by molar-refractivity contribution is -0.178. The molecule has 1 aliphatic heterocycles. The first-order valence-electron chi connectivity index (χ1n) is 5.18. The maximum atomic E-state index is 11.5. The summed E-state index contributed by atoms with van der Waals surface area (Å²) in [5.41, 5.74) is 0. The second kappa shape index (κ2) is 5.44. The number of nitrogens with zero attached hydrogens (tertiary/aromatic N) is 1. The van der Waals surface area contributed by atoms with Gasteiger partial charge in [0.05, 0.1) is 31.8 Å². The van der Waals surface area contributed by atoms with Crippen LogP contribution in [0.3, 0.4) is 0 Å². The Morgan fingerprint density at radius 1 is 1.60 bits per heavy atom. The van der Waals surface area contributed by atoms with E-state index in [1.807, 2.05) is 6.92 Å². The Bertz CT molecular complexity index is 221. The summed E-state index contributed by atoms with van der Waals surface area (Å²) in [5, 5.41) is 10.8. The van der Waals surface area contributed by atoms with Crippen LogP contribution in [-0.2, 0) is 14.4 Å². The zero-order valence-corrected chi connectivity index (χ0v) is 9.47. The molecule has 5 nitrogen and oxygen atoms in total. The van der Waals surface area contributed by atoms with Gasteiger partial charge in [-0.25, -0.2) is 5.06 Å². The molecule has 1 N–H and O–H groups in total. The van der Waals surface area contributed by atoms with E-state index in [2.05, 4.69) is 0 Å². The second-order valence-electron chi connectivity index (χ2n) is 3.91. The minimum absolute atomic E-state index is 0.110. The summed E-state index contributed by atoms with van der Waals surface area (Å²) < 4.78 is 5.51. The number of aliphatic hydroxyl groups is 1. The van der Waals surface area contributed by atoms with Gasteiger partial charge in [-0.1, -0.05) is 0 Å². The summed E-state index contributed by atoms with van der Waals surface area (Å²) in [6.45, 7) is 1.95. The number of amides is 1. The molecule has 0 bridgehead atoms. The Morgan fingerprint density at radius 3 is 2.87 bits per heavy atom. The number of ether oxygens (including phenoxy) is 1. The second-order valence-corrected chi connectivity index (χ2v) is 3.91. The van der Waals surface area contributed by atoms with Gasteiger partial charge in [-0.05, 0) is 19.8 Å². The third kappa shape index (κ3) is 3.44. The van der Waals surface area contributed by atoms with Crippen LogP contribution in [0.25, 0.3) is 0 Å². The molecule has 1 rings (SSSR count). The van der Waals surface area contributed by atoms with Crippen molar-refractivity contribution in [2.45, 2.75) is 44.5 Å². The monoisotopic (exact) mass is 217 g/mol. The van der Waals surface area contributed by atoms with E-state index in [1.165, 1.54) is 7.11 Å². The SMILES string of the molecule is CON(C)C(=O)C[C@@H]1O[C@H](C)CC[C@@H]1O. The Kier molecular flexibility index (Phi) is 4.50. The van der Waals surface area contributed by atoms with Crippen molar-refractivity contribution in [2.24, 2.45) is 0 Å². The van der Waals surface area contributed by atoms with Gasteiger partial charge in [-0.3, -0.25) is 9.63 Å². The highest BCUT2D eigenvalue weighted by molar-refractivity contribution is 5.75. The Balaban J connectivity index is 2.45. The van der Waals surface area contributed by atoms with Crippen molar-refractivity contribution in [3.8, 4) is 0 Å². The molecule has 5 heteroatoms. The average Bonchev–Trinajstić information content (AvgIpc) is 2.22. The fourth-order valence-electron chi connectivity index (χ4n) is 1.64. The molecule has 1 aliphatic rings. The minimum atomic E-state index is -0.546. The van der Waals surface area contributed by atoms with E-state index < -0.39 is 12.2 Å². The van der Waals surface area contributed by atoms with Crippen molar-refractivity contribution < 1.29 is 19.5 Å². The largest absolute Gasteiger partial charge is 0.390 e. The normalized spacial score (nSPS) is 31.3. The summed E-state index contributed by atoms with van der Waals surface area (Å²) in [5.74, 6) is -0.185. The third-order valence-electron chi connectivity index (χ3n) is 2.71. The lowest BCUT2D eigenvalue weighted by Crippen LogP contribution is -2.41. The van der Waals surface area contributed by atoms with E-state index in [0.717, 1.165) is 11.5 Å². The maximum absolute atomic E-state index is 11.5. The molecule has 1 heterocycles. The molecule has 0 aromatic rings. The molecular weight excluding hydrogens is 198 g/mol. The lowest BCUT2D eigenvalue weighted by Gasteiger charge is -2.32. The van der Waals surface area contributed by atoms with E-state index in [1.54, 1.807) is 7.05 Å². The number of carbonyl (C=O) groups excluding carboxylic acids is 1. The topological polar surface area (TPSA) is 59.0 Å². The molecule has 0 spiro atoms. The van der Waals surface area contributed by atoms with Gasteiger partial charge in [0.25, 0.3) is 0 Å². The first-order chi connectivity index (χ1) is 7.04. The molecule has 1 fully saturated rings. The van der Waals surface area contributed by atoms with Crippen molar-refractivity contribution in [1.29, 1.82) is 0 Å². The van der Waals surface area contributed by atoms with E-state index in [9.17, 15) is 9.90 Å². The predicted molar refractivity (Wildman–Crippen MR) is 54.0 cm³/mol. The highest BCUT2D eigenvalue weighted by atomic mass is 16.7. The van der Waals surface area contributed by atoms with Crippen LogP contribution in [0.2, 0.25) is 0 Å². The van der Waals surface area contributed by atoms with Crippen LogP contribution in [0, 0.1) is 0 Å². The van der Waals surface area contributed by atoms with Crippen LogP contribution in [0.15, 0.2) is 0 Å². The molecule has 0 saturated carbocycles. The van der Waals surface area contributed by atoms with Gasteiger partial charge in [0.15, 0.2) is 0 Å². The molecule has 1 saturated heterocycles. The minimum Gasteiger partial charge on any atom is -0.390 e. The summed E-state index contributed by atoms with van der Waals surface area (Å²) in [4.78, 5) is 16.3. The third-order valence-corrected chi connectivity index (χ3v) is 2.71. The molecule has 3 atom stereocenters. The molecule has 0 radical (unpaired) electrons. The lowest BCUT2D eigenvalue weighted by atomic mass is 9.99. The van der Waals surface area contributed by atoms with Crippen LogP contribution < -0.4 is 0 Å². The molecule has 0 aromatic heterocycles. The number of aliphatic hydroxyl groups excluding tert-OH is 1. The molecule has 1 amide bonds. The van der Waals surface area contributed by atoms with Crippen LogP contribution in [0.1, 0.15) is 26.2 Å². The van der Waals surface area contributed by atoms with Crippen LogP contribution in [0.5, 0.6) is 0 Å². The number of hydrogen-bond donors (Lipinski definition) is 1. The molecule has 0 aromatic carbocycles. The maximum Gasteiger partial charge on any atom is 0.248 e. The van der Waals surface area contributed by atoms with Gasteiger partial charge in [-0.15, -0.1) is 0 Å². The molecular formula is C10H19NO4. The van der Waals surface area contributed by atoms with Gasteiger partial charge in [0.1, 0.15) is 0 Å². The quantitative estimate of drug-likeness (QED) is 0.692. The average molecular weight is 217 g/mol. The molecule has 0 unspecified atom stereocenters. The van der Waals surface area contributed by atoms with Crippen molar-refractivity contribution in [2.75, 3.05) is 14.2 Å². The Morgan fingerprint density at radius 2 is 2.27 bits per heavy atom. The van der Waals surface area contributed by atoms with Crippen molar-refractivity contribution in [3.05, 3.63) is 0 Å². The first kappa shape index (κ1) is 12.4. The summed E-state index contributed by atoms with van der Waals surface area (Å²) >= 11 is 0. The number of rotatable bonds is 3. The zero-order valence-electron chi connectivity index (χ0n) is 9.47. The summed E-state index contributed by atoms with van der Waals surface area (Å²) in [6.07, 6.45) is 0.853. The van der Waals surface area contributed by atoms with E-state index in [0.29, 0.717) is 6.42 Å². The van der Waals surface area contributed by atoms with Gasteiger partial charge in [0.2, 0.25) is 5.91 Å². The number of hydroxylamine groups is 2. The highest BCUT2D eigenvalue weighted by Crippen LogP contribution is 2.21. The van der Waals surface area contributed by atoms with Gasteiger partial charge >= 0.3 is 0 Å². The van der Waals surface area contributed by atoms with E-state index in [4.69, 9.17) is 9.57 Å². The summed E-state index contributed by atoms with van der Waals surface area (Å²) in [6, 6.07) is 0. The van der Waals surface area contributed by atoms with Gasteiger partial charge in [0, 0.05) is 7.05 Å². The standard InChI is InChI=1S/C10H19NO4/c1-7-4-5-8(12)9(15-7)6-10(13)11(2)14-3/h7-9,12H,4-6H2,1-3H3/t7-,8+,9+/m1/s1. The highest BCUT2D eigenvalue weighted by Gasteiger charge is 2.30.